The lowest BCUT2D eigenvalue weighted by Gasteiger charge is -2.38. The maximum atomic E-state index is 9.83. The van der Waals surface area contributed by atoms with Gasteiger partial charge in [-0.25, -0.2) is 4.68 Å². The predicted octanol–water partition coefficient (Wildman–Crippen LogP) is 6.50. The van der Waals surface area contributed by atoms with Gasteiger partial charge in [-0.05, 0) is 67.4 Å². The lowest BCUT2D eigenvalue weighted by Crippen LogP contribution is -2.43. The van der Waals surface area contributed by atoms with E-state index in [1.165, 1.54) is 0 Å². The van der Waals surface area contributed by atoms with Crippen molar-refractivity contribution in [3.05, 3.63) is 40.8 Å². The summed E-state index contributed by atoms with van der Waals surface area (Å²) in [6, 6.07) is 6.31. The summed E-state index contributed by atoms with van der Waals surface area (Å²) in [6.45, 7) is 20.1. The van der Waals surface area contributed by atoms with Crippen LogP contribution in [0.3, 0.4) is 0 Å². The minimum atomic E-state index is -2.01. The lowest BCUT2D eigenvalue weighted by molar-refractivity contribution is 0.146. The summed E-state index contributed by atoms with van der Waals surface area (Å²) >= 11 is 0. The number of ether oxygens (including phenoxy) is 2. The molecule has 0 spiro atoms. The first-order valence-electron chi connectivity index (χ1n) is 16.9. The van der Waals surface area contributed by atoms with Crippen molar-refractivity contribution in [3.63, 3.8) is 0 Å². The Morgan fingerprint density at radius 2 is 1.81 bits per heavy atom. The van der Waals surface area contributed by atoms with Crippen molar-refractivity contribution in [2.45, 2.75) is 91.2 Å². The van der Waals surface area contributed by atoms with Crippen LogP contribution in [0.4, 0.5) is 0 Å². The van der Waals surface area contributed by atoms with E-state index in [1.807, 2.05) is 35.5 Å². The summed E-state index contributed by atoms with van der Waals surface area (Å²) in [4.78, 5) is 2.21. The van der Waals surface area contributed by atoms with E-state index in [-0.39, 0.29) is 12.7 Å². The number of aromatic nitrogens is 6. The Hall–Kier alpha value is -3.85. The number of nitrogens with one attached hydrogen (secondary N) is 1. The molecule has 0 radical (unpaired) electrons. The third-order valence-electron chi connectivity index (χ3n) is 9.51. The largest absolute Gasteiger partial charge is 0.476 e. The molecular weight excluding hydrogens is 607 g/mol. The molecule has 0 amide bonds. The molecule has 5 rings (SSSR count). The molecule has 1 aromatic carbocycles. The van der Waals surface area contributed by atoms with E-state index in [0.29, 0.717) is 54.6 Å². The number of likely N-dealkylation sites (N-methyl/N-ethyl adjacent to an activating group) is 1. The number of aliphatic hydroxyl groups is 1. The van der Waals surface area contributed by atoms with Crippen molar-refractivity contribution in [2.24, 2.45) is 7.05 Å². The first kappa shape index (κ1) is 34.5. The molecule has 47 heavy (non-hydrogen) atoms. The average molecular weight is 658 g/mol. The van der Waals surface area contributed by atoms with E-state index >= 15 is 0 Å². The van der Waals surface area contributed by atoms with Gasteiger partial charge in [-0.2, -0.15) is 10.2 Å². The molecule has 10 nitrogen and oxygen atoms in total. The fourth-order valence-electron chi connectivity index (χ4n) is 7.40. The van der Waals surface area contributed by atoms with Gasteiger partial charge in [-0.15, -0.1) is 10.6 Å². The van der Waals surface area contributed by atoms with Gasteiger partial charge in [0.2, 0.25) is 11.8 Å². The number of fused-ring (bicyclic) bond motifs is 4. The standard InChI is InChI=1S/C36H51N7O3Si/c1-11-45-35-28-13-15-31-29-20-27(12-14-30(29)37-38-31)34-32(16-19-47(23(2)3,24(4)5)25(6)7)39-42(10)36(34)46-26(8)21-41(9)22-33(28)43(40-35)17-18-44/h12-15,20,23-26,44H,11,17-18,21-22H2,1-10H3,(H,37,38)/b15-13+/t26-/m0/s1. The van der Waals surface area contributed by atoms with Gasteiger partial charge in [-0.1, -0.05) is 53.5 Å². The number of hydrogen-bond acceptors (Lipinski definition) is 7. The molecule has 0 aliphatic carbocycles. The highest BCUT2D eigenvalue weighted by Gasteiger charge is 2.42. The minimum Gasteiger partial charge on any atom is -0.476 e. The molecule has 3 aromatic heterocycles. The van der Waals surface area contributed by atoms with Gasteiger partial charge in [0.15, 0.2) is 0 Å². The van der Waals surface area contributed by atoms with Gasteiger partial charge in [0.25, 0.3) is 0 Å². The fourth-order valence-corrected chi connectivity index (χ4v) is 12.6. The van der Waals surface area contributed by atoms with Crippen LogP contribution in [0.2, 0.25) is 16.6 Å². The van der Waals surface area contributed by atoms with Crippen molar-refractivity contribution >= 4 is 31.1 Å². The molecule has 4 heterocycles. The number of aryl methyl sites for hydroxylation is 1. The predicted molar refractivity (Wildman–Crippen MR) is 192 cm³/mol. The van der Waals surface area contributed by atoms with Crippen molar-refractivity contribution in [3.8, 4) is 34.4 Å². The monoisotopic (exact) mass is 657 g/mol. The number of aromatic amines is 1. The molecular formula is C36H51N7O3Si. The van der Waals surface area contributed by atoms with E-state index < -0.39 is 8.07 Å². The summed E-state index contributed by atoms with van der Waals surface area (Å²) < 4.78 is 16.4. The number of aliphatic hydroxyl groups excluding tert-OH is 1. The number of nitrogens with zero attached hydrogens (tertiary/aromatic N) is 6. The van der Waals surface area contributed by atoms with Crippen molar-refractivity contribution < 1.29 is 14.6 Å². The average Bonchev–Trinajstić information content (AvgIpc) is 3.64. The lowest BCUT2D eigenvalue weighted by atomic mass is 10.0. The van der Waals surface area contributed by atoms with Crippen LogP contribution in [0.1, 0.15) is 78.0 Å². The number of benzene rings is 1. The zero-order chi connectivity index (χ0) is 34.0. The second kappa shape index (κ2) is 14.1. The summed E-state index contributed by atoms with van der Waals surface area (Å²) in [7, 11) is 2.00. The van der Waals surface area contributed by atoms with E-state index in [9.17, 15) is 5.11 Å². The van der Waals surface area contributed by atoms with E-state index in [0.717, 1.165) is 44.7 Å². The molecule has 1 atom stereocenters. The Morgan fingerprint density at radius 3 is 2.47 bits per heavy atom. The molecule has 0 saturated heterocycles. The Bertz CT molecular complexity index is 1780. The molecule has 0 unspecified atom stereocenters. The smallest absolute Gasteiger partial charge is 0.240 e. The van der Waals surface area contributed by atoms with E-state index in [4.69, 9.17) is 19.7 Å². The molecule has 1 aliphatic rings. The maximum Gasteiger partial charge on any atom is 0.240 e. The normalized spacial score (nSPS) is 16.5. The molecule has 1 aliphatic heterocycles. The quantitative estimate of drug-likeness (QED) is 0.173. The first-order chi connectivity index (χ1) is 22.4. The summed E-state index contributed by atoms with van der Waals surface area (Å²) in [5.41, 5.74) is 11.6. The van der Waals surface area contributed by atoms with Gasteiger partial charge < -0.3 is 14.6 Å². The second-order valence-corrected chi connectivity index (χ2v) is 19.3. The SMILES string of the molecule is CCOc1nn(CCO)c2c1/C=C/c1n[nH]c3ccc(cc13)-c1c(C#C[Si](C(C)C)(C(C)C)C(C)C)nn(C)c1O[C@@H](C)CN(C)C2. The third kappa shape index (κ3) is 6.64. The summed E-state index contributed by atoms with van der Waals surface area (Å²) in [5.74, 6) is 4.86. The van der Waals surface area contributed by atoms with Gasteiger partial charge in [0.05, 0.1) is 47.8 Å². The van der Waals surface area contributed by atoms with Crippen LogP contribution in [0, 0.1) is 11.5 Å². The molecule has 0 fully saturated rings. The van der Waals surface area contributed by atoms with Crippen LogP contribution < -0.4 is 9.47 Å². The highest BCUT2D eigenvalue weighted by Crippen LogP contribution is 2.42. The second-order valence-electron chi connectivity index (χ2n) is 13.7. The van der Waals surface area contributed by atoms with Crippen LogP contribution in [0.15, 0.2) is 18.2 Å². The summed E-state index contributed by atoms with van der Waals surface area (Å²) in [6.07, 6.45) is 3.87. The third-order valence-corrected chi connectivity index (χ3v) is 15.8. The number of hydrogen-bond donors (Lipinski definition) is 2. The van der Waals surface area contributed by atoms with Crippen molar-refractivity contribution in [1.82, 2.24) is 34.7 Å². The Morgan fingerprint density at radius 1 is 1.09 bits per heavy atom. The molecule has 11 heteroatoms. The van der Waals surface area contributed by atoms with Gasteiger partial charge in [0, 0.05) is 25.5 Å². The van der Waals surface area contributed by atoms with Crippen LogP contribution in [-0.2, 0) is 20.1 Å². The zero-order valence-corrected chi connectivity index (χ0v) is 30.7. The Labute approximate surface area is 280 Å². The topological polar surface area (TPSA) is 106 Å². The number of rotatable bonds is 7. The van der Waals surface area contributed by atoms with Gasteiger partial charge >= 0.3 is 0 Å². The molecule has 2 N–H and O–H groups in total. The zero-order valence-electron chi connectivity index (χ0n) is 29.7. The minimum absolute atomic E-state index is 0.0248. The number of H-pyrrole nitrogens is 1. The molecule has 4 aromatic rings. The summed E-state index contributed by atoms with van der Waals surface area (Å²) in [5, 5.41) is 28.4. The highest BCUT2D eigenvalue weighted by molar-refractivity contribution is 6.90. The fraction of sp³-hybridized carbons (Fsp3) is 0.528. The molecule has 0 saturated carbocycles. The van der Waals surface area contributed by atoms with E-state index in [1.54, 1.807) is 0 Å². The van der Waals surface area contributed by atoms with E-state index in [2.05, 4.69) is 100 Å². The van der Waals surface area contributed by atoms with Crippen molar-refractivity contribution in [1.29, 1.82) is 0 Å². The molecule has 252 valence electrons. The van der Waals surface area contributed by atoms with Crippen LogP contribution in [-0.4, -0.2) is 80.7 Å². The maximum absolute atomic E-state index is 9.83. The Kier molecular flexibility index (Phi) is 10.3. The van der Waals surface area contributed by atoms with Crippen LogP contribution in [0.25, 0.3) is 34.2 Å². The van der Waals surface area contributed by atoms with Gasteiger partial charge in [-0.3, -0.25) is 14.7 Å². The molecule has 2 bridgehead atoms. The van der Waals surface area contributed by atoms with Crippen LogP contribution in [0.5, 0.6) is 11.8 Å². The van der Waals surface area contributed by atoms with Crippen LogP contribution >= 0.6 is 0 Å². The van der Waals surface area contributed by atoms with Gasteiger partial charge in [0.1, 0.15) is 19.9 Å². The Balaban J connectivity index is 1.73. The first-order valence-corrected chi connectivity index (χ1v) is 19.1. The highest BCUT2D eigenvalue weighted by atomic mass is 28.3. The van der Waals surface area contributed by atoms with Crippen molar-refractivity contribution in [2.75, 3.05) is 26.8 Å².